The second-order valence-corrected chi connectivity index (χ2v) is 29.9. The summed E-state index contributed by atoms with van der Waals surface area (Å²) >= 11 is 0. The highest BCUT2D eigenvalue weighted by Gasteiger charge is 2.46. The van der Waals surface area contributed by atoms with Crippen LogP contribution < -0.4 is 0 Å². The topological polar surface area (TPSA) is 62.4 Å². The number of rotatable bonds is 5. The Balaban J connectivity index is 0.576. The Morgan fingerprint density at radius 3 is 1.24 bits per heavy atom. The fourth-order valence-electron chi connectivity index (χ4n) is 20.2. The van der Waals surface area contributed by atoms with Crippen molar-refractivity contribution in [3.63, 3.8) is 0 Å². The summed E-state index contributed by atoms with van der Waals surface area (Å²) in [5.74, 6) is 0. The molecule has 24 rings (SSSR count). The van der Waals surface area contributed by atoms with Crippen LogP contribution in [-0.2, 0) is 10.8 Å². The minimum absolute atomic E-state index is 0.0440. The Hall–Kier alpha value is -12.1. The van der Waals surface area contributed by atoms with Gasteiger partial charge < -0.3 is 26.8 Å². The standard InChI is InChI=1S/C96H64N2O4/c1-11-39-95(40-12-1)79-19-7-3-15-63(79)73-53-94-78(52-81(73)95)75-44-56(28-37-88(75)100-94)57-23-31-67-65-17-5-9-21-84(65)98(86(67)45-57)62-29-35-70-69-33-25-59(47-90(69)101-92(70)50-62)55-27-36-80-72(43-55)74-54-93-77(51-82(74)96(80)41-13-2-14-42-96)71-34-26-60(48-91(71)102-93)58-24-32-66-64-16-4-8-20-83(64)97(85(66)46-58)61-30-38-89-76(49-61)68-18-6-10-22-87(68)99-89/h3-10,15-38,43-54H,1-2,11-14,39-42H2. The minimum Gasteiger partial charge on any atom is -0.456 e. The maximum atomic E-state index is 7.04. The van der Waals surface area contributed by atoms with Crippen LogP contribution in [0.4, 0.5) is 0 Å². The quantitative estimate of drug-likeness (QED) is 0.172. The number of furan rings is 4. The SMILES string of the molecule is c1ccc2c(c1)-c1cc3oc4ccc(-c5ccc6c7ccccc7n(-c7ccc8c(c7)oc7cc(-c9ccc%10c(c9)-c9cc%11oc%12cc(-c%13ccc%14c%15ccccc%15n(-c%15ccc%16oc%17ccccc%17c%16c%15)c%14c%13)ccc%12c%11cc9C%109CCCCC9)ccc78)c6c5)cc4c3cc1C21CCCCC1. The van der Waals surface area contributed by atoms with Gasteiger partial charge in [-0.25, -0.2) is 0 Å². The molecule has 20 aromatic rings. The molecule has 482 valence electrons. The minimum atomic E-state index is -0.0440. The molecule has 2 spiro atoms. The van der Waals surface area contributed by atoms with Crippen LogP contribution in [0.2, 0.25) is 0 Å². The van der Waals surface area contributed by atoms with Gasteiger partial charge in [0.2, 0.25) is 0 Å². The molecule has 0 radical (unpaired) electrons. The first-order valence-electron chi connectivity index (χ1n) is 36.7. The second kappa shape index (κ2) is 20.3. The smallest absolute Gasteiger partial charge is 0.137 e. The third kappa shape index (κ3) is 7.58. The van der Waals surface area contributed by atoms with Crippen molar-refractivity contribution >= 4 is 131 Å². The lowest BCUT2D eigenvalue weighted by Gasteiger charge is -2.36. The van der Waals surface area contributed by atoms with E-state index in [1.807, 2.05) is 12.1 Å². The highest BCUT2D eigenvalue weighted by Crippen LogP contribution is 2.60. The average molecular weight is 1310 g/mol. The summed E-state index contributed by atoms with van der Waals surface area (Å²) in [7, 11) is 0. The van der Waals surface area contributed by atoms with E-state index in [1.54, 1.807) is 0 Å². The van der Waals surface area contributed by atoms with Crippen molar-refractivity contribution in [2.45, 2.75) is 75.0 Å². The summed E-state index contributed by atoms with van der Waals surface area (Å²) in [4.78, 5) is 0. The molecule has 0 aliphatic heterocycles. The lowest BCUT2D eigenvalue weighted by atomic mass is 9.67. The molecule has 0 atom stereocenters. The molecule has 0 N–H and O–H groups in total. The fourth-order valence-corrected chi connectivity index (χ4v) is 20.2. The molecule has 6 nitrogen and oxygen atoms in total. The molecule has 102 heavy (non-hydrogen) atoms. The van der Waals surface area contributed by atoms with E-state index in [0.29, 0.717) is 0 Å². The molecular formula is C96H64N2O4. The van der Waals surface area contributed by atoms with Gasteiger partial charge in [0.25, 0.3) is 0 Å². The number of para-hydroxylation sites is 3. The molecule has 0 saturated heterocycles. The van der Waals surface area contributed by atoms with Crippen LogP contribution in [0.25, 0.3) is 198 Å². The maximum Gasteiger partial charge on any atom is 0.137 e. The van der Waals surface area contributed by atoms with Crippen LogP contribution in [-0.4, -0.2) is 9.13 Å². The van der Waals surface area contributed by atoms with Gasteiger partial charge in [-0.1, -0.05) is 172 Å². The monoisotopic (exact) mass is 1310 g/mol. The van der Waals surface area contributed by atoms with E-state index < -0.39 is 0 Å². The van der Waals surface area contributed by atoms with Gasteiger partial charge in [0.1, 0.15) is 44.7 Å². The van der Waals surface area contributed by atoms with Crippen LogP contribution >= 0.6 is 0 Å². The summed E-state index contributed by atoms with van der Waals surface area (Å²) < 4.78 is 31.9. The van der Waals surface area contributed by atoms with Crippen LogP contribution in [0.15, 0.2) is 285 Å². The van der Waals surface area contributed by atoms with Gasteiger partial charge in [0, 0.05) is 92.9 Å². The average Bonchev–Trinajstić information content (AvgIpc) is 1.56. The number of fused-ring (bicyclic) bond motifs is 28. The number of hydrogen-bond donors (Lipinski definition) is 0. The summed E-state index contributed by atoms with van der Waals surface area (Å²) in [6.07, 6.45) is 12.2. The molecular weight excluding hydrogens is 1250 g/mol. The summed E-state index contributed by atoms with van der Waals surface area (Å²) in [6, 6.07) is 99.7. The zero-order valence-electron chi connectivity index (χ0n) is 56.0. The first-order chi connectivity index (χ1) is 50.4. The molecule has 2 saturated carbocycles. The molecule has 4 aliphatic carbocycles. The molecule has 2 fully saturated rings. The van der Waals surface area contributed by atoms with Crippen LogP contribution in [0.3, 0.4) is 0 Å². The van der Waals surface area contributed by atoms with E-state index in [4.69, 9.17) is 17.7 Å². The van der Waals surface area contributed by atoms with Crippen molar-refractivity contribution in [1.29, 1.82) is 0 Å². The number of nitrogens with zero attached hydrogens (tertiary/aromatic N) is 2. The van der Waals surface area contributed by atoms with Crippen LogP contribution in [0.5, 0.6) is 0 Å². The highest BCUT2D eigenvalue weighted by molar-refractivity contribution is 6.16. The third-order valence-corrected chi connectivity index (χ3v) is 24.9. The lowest BCUT2D eigenvalue weighted by Crippen LogP contribution is -2.28. The van der Waals surface area contributed by atoms with E-state index in [9.17, 15) is 0 Å². The van der Waals surface area contributed by atoms with Gasteiger partial charge in [0.15, 0.2) is 0 Å². The molecule has 6 aromatic heterocycles. The van der Waals surface area contributed by atoms with E-state index in [2.05, 4.69) is 264 Å². The predicted octanol–water partition coefficient (Wildman–Crippen LogP) is 26.9. The molecule has 0 amide bonds. The molecule has 0 bridgehead atoms. The number of aromatic nitrogens is 2. The highest BCUT2D eigenvalue weighted by atomic mass is 16.3. The lowest BCUT2D eigenvalue weighted by molar-refractivity contribution is 0.353. The summed E-state index contributed by atoms with van der Waals surface area (Å²) in [5.41, 5.74) is 32.3. The molecule has 14 aromatic carbocycles. The Bertz CT molecular complexity index is 7100. The van der Waals surface area contributed by atoms with Crippen molar-refractivity contribution in [2.24, 2.45) is 0 Å². The van der Waals surface area contributed by atoms with E-state index in [0.717, 1.165) is 129 Å². The molecule has 6 heteroatoms. The number of benzene rings is 14. The van der Waals surface area contributed by atoms with Crippen molar-refractivity contribution in [1.82, 2.24) is 9.13 Å². The van der Waals surface area contributed by atoms with Gasteiger partial charge in [-0.3, -0.25) is 0 Å². The van der Waals surface area contributed by atoms with Gasteiger partial charge in [0.05, 0.1) is 22.1 Å². The first kappa shape index (κ1) is 55.7. The Kier molecular flexibility index (Phi) is 11.1. The molecule has 4 aliphatic rings. The van der Waals surface area contributed by atoms with Crippen molar-refractivity contribution in [3.8, 4) is 67.0 Å². The van der Waals surface area contributed by atoms with Crippen LogP contribution in [0.1, 0.15) is 86.5 Å². The predicted molar refractivity (Wildman–Crippen MR) is 419 cm³/mol. The van der Waals surface area contributed by atoms with Gasteiger partial charge in [-0.05, 0) is 231 Å². The third-order valence-electron chi connectivity index (χ3n) is 24.9. The first-order valence-corrected chi connectivity index (χ1v) is 36.7. The van der Waals surface area contributed by atoms with E-state index >= 15 is 0 Å². The maximum absolute atomic E-state index is 7.04. The van der Waals surface area contributed by atoms with Crippen molar-refractivity contribution < 1.29 is 17.7 Å². The van der Waals surface area contributed by atoms with E-state index in [1.165, 1.54) is 156 Å². The second-order valence-electron chi connectivity index (χ2n) is 29.9. The largest absolute Gasteiger partial charge is 0.456 e. The van der Waals surface area contributed by atoms with E-state index in [-0.39, 0.29) is 10.8 Å². The number of hydrogen-bond acceptors (Lipinski definition) is 4. The zero-order chi connectivity index (χ0) is 66.3. The molecule has 0 unspecified atom stereocenters. The van der Waals surface area contributed by atoms with Gasteiger partial charge in [-0.2, -0.15) is 0 Å². The van der Waals surface area contributed by atoms with Crippen molar-refractivity contribution in [3.05, 3.63) is 289 Å². The van der Waals surface area contributed by atoms with Crippen LogP contribution in [0, 0.1) is 0 Å². The fraction of sp³-hybridized carbons (Fsp3) is 0.125. The Morgan fingerprint density at radius 2 is 0.578 bits per heavy atom. The summed E-state index contributed by atoms with van der Waals surface area (Å²) in [5, 5.41) is 14.1. The van der Waals surface area contributed by atoms with Gasteiger partial charge >= 0.3 is 0 Å². The molecule has 6 heterocycles. The van der Waals surface area contributed by atoms with Crippen molar-refractivity contribution in [2.75, 3.05) is 0 Å². The zero-order valence-corrected chi connectivity index (χ0v) is 56.0. The Morgan fingerprint density at radius 1 is 0.206 bits per heavy atom. The summed E-state index contributed by atoms with van der Waals surface area (Å²) in [6.45, 7) is 0. The Labute approximate surface area is 585 Å². The normalized spacial score (nSPS) is 15.4. The van der Waals surface area contributed by atoms with Gasteiger partial charge in [-0.15, -0.1) is 0 Å².